The fourth-order valence-electron chi connectivity index (χ4n) is 3.61. The topological polar surface area (TPSA) is 134 Å². The Balaban J connectivity index is 1.51. The van der Waals surface area contributed by atoms with Crippen LogP contribution in [0.25, 0.3) is 33.5 Å². The molecule has 2 heterocycles. The van der Waals surface area contributed by atoms with Gasteiger partial charge in [0.1, 0.15) is 16.7 Å². The number of carboxylic acids is 2. The fraction of sp³-hybridized carbons (Fsp3) is 0.0400. The molecular weight excluding hydrogens is 440 g/mol. The molecule has 0 amide bonds. The number of rotatable bonds is 5. The van der Waals surface area contributed by atoms with Crippen LogP contribution in [0.3, 0.4) is 0 Å². The summed E-state index contributed by atoms with van der Waals surface area (Å²) in [5.74, 6) is -2.05. The van der Waals surface area contributed by atoms with E-state index in [2.05, 4.69) is 4.98 Å². The molecule has 0 fully saturated rings. The summed E-state index contributed by atoms with van der Waals surface area (Å²) < 4.78 is 11.2. The van der Waals surface area contributed by atoms with E-state index in [1.807, 2.05) is 18.0 Å². The van der Waals surface area contributed by atoms with E-state index in [4.69, 9.17) is 19.0 Å². The van der Waals surface area contributed by atoms with Crippen LogP contribution in [0, 0.1) is 0 Å². The molecule has 0 atom stereocenters. The van der Waals surface area contributed by atoms with E-state index < -0.39 is 17.6 Å². The second-order valence-electron chi connectivity index (χ2n) is 7.59. The van der Waals surface area contributed by atoms with Gasteiger partial charge < -0.3 is 23.9 Å². The molecule has 5 rings (SSSR count). The van der Waals surface area contributed by atoms with E-state index in [9.17, 15) is 14.4 Å². The highest BCUT2D eigenvalue weighted by Gasteiger charge is 2.17. The largest absolute Gasteiger partial charge is 0.478 e. The van der Waals surface area contributed by atoms with Crippen LogP contribution >= 0.6 is 0 Å². The summed E-state index contributed by atoms with van der Waals surface area (Å²) in [6.07, 6.45) is 0. The molecule has 3 aromatic carbocycles. The van der Waals surface area contributed by atoms with Gasteiger partial charge in [0.2, 0.25) is 5.89 Å². The Bertz CT molecular complexity index is 1650. The van der Waals surface area contributed by atoms with Crippen LogP contribution < -0.4 is 10.5 Å². The highest BCUT2D eigenvalue weighted by molar-refractivity contribution is 5.92. The summed E-state index contributed by atoms with van der Waals surface area (Å²) in [5.41, 5.74) is 2.23. The lowest BCUT2D eigenvalue weighted by Gasteiger charge is -2.20. The first-order valence-corrected chi connectivity index (χ1v) is 10.1. The molecular formula is C25H16N2O7. The van der Waals surface area contributed by atoms with Crippen molar-refractivity contribution in [1.82, 2.24) is 4.98 Å². The van der Waals surface area contributed by atoms with E-state index in [1.54, 1.807) is 30.3 Å². The highest BCUT2D eigenvalue weighted by Crippen LogP contribution is 2.29. The van der Waals surface area contributed by atoms with Gasteiger partial charge in [0.05, 0.1) is 11.1 Å². The Morgan fingerprint density at radius 3 is 2.18 bits per heavy atom. The van der Waals surface area contributed by atoms with Crippen LogP contribution in [0.2, 0.25) is 0 Å². The van der Waals surface area contributed by atoms with E-state index in [0.717, 1.165) is 11.4 Å². The Kier molecular flexibility index (Phi) is 4.86. The predicted molar refractivity (Wildman–Crippen MR) is 124 cm³/mol. The smallest absolute Gasteiger partial charge is 0.349 e. The minimum atomic E-state index is -1.09. The lowest BCUT2D eigenvalue weighted by atomic mass is 10.1. The Labute approximate surface area is 191 Å². The van der Waals surface area contributed by atoms with Crippen molar-refractivity contribution in [3.05, 3.63) is 88.3 Å². The van der Waals surface area contributed by atoms with Crippen LogP contribution in [-0.4, -0.2) is 34.2 Å². The maximum absolute atomic E-state index is 12.7. The van der Waals surface area contributed by atoms with Crippen molar-refractivity contribution in [1.29, 1.82) is 0 Å². The van der Waals surface area contributed by atoms with Crippen molar-refractivity contribution >= 4 is 45.4 Å². The average Bonchev–Trinajstić information content (AvgIpc) is 3.26. The molecule has 2 N–H and O–H groups in total. The summed E-state index contributed by atoms with van der Waals surface area (Å²) in [6.45, 7) is 0. The summed E-state index contributed by atoms with van der Waals surface area (Å²) in [6, 6.07) is 17.6. The van der Waals surface area contributed by atoms with E-state index in [0.29, 0.717) is 22.1 Å². The van der Waals surface area contributed by atoms with Gasteiger partial charge in [-0.05, 0) is 60.7 Å². The summed E-state index contributed by atoms with van der Waals surface area (Å²) in [5, 5.41) is 18.9. The molecule has 0 unspecified atom stereocenters. The minimum Gasteiger partial charge on any atom is -0.478 e. The van der Waals surface area contributed by atoms with Crippen molar-refractivity contribution < 1.29 is 28.6 Å². The number of aromatic nitrogens is 1. The second kappa shape index (κ2) is 7.89. The average molecular weight is 456 g/mol. The fourth-order valence-corrected chi connectivity index (χ4v) is 3.61. The first-order chi connectivity index (χ1) is 16.3. The van der Waals surface area contributed by atoms with Gasteiger partial charge >= 0.3 is 17.6 Å². The van der Waals surface area contributed by atoms with Crippen LogP contribution in [-0.2, 0) is 0 Å². The lowest BCUT2D eigenvalue weighted by molar-refractivity contribution is 0.0686. The zero-order chi connectivity index (χ0) is 24.0. The van der Waals surface area contributed by atoms with Gasteiger partial charge in [0, 0.05) is 29.9 Å². The van der Waals surface area contributed by atoms with Crippen LogP contribution in [0.15, 0.2) is 80.4 Å². The van der Waals surface area contributed by atoms with Gasteiger partial charge in [-0.15, -0.1) is 0 Å². The molecule has 5 aromatic rings. The summed E-state index contributed by atoms with van der Waals surface area (Å²) in [7, 11) is 1.81. The Morgan fingerprint density at radius 1 is 0.794 bits per heavy atom. The molecule has 0 saturated carbocycles. The number of fused-ring (bicyclic) bond motifs is 2. The molecule has 0 spiro atoms. The van der Waals surface area contributed by atoms with Crippen LogP contribution in [0.1, 0.15) is 20.7 Å². The lowest BCUT2D eigenvalue weighted by Crippen LogP contribution is -2.10. The van der Waals surface area contributed by atoms with Crippen LogP contribution in [0.5, 0.6) is 0 Å². The van der Waals surface area contributed by atoms with Gasteiger partial charge in [-0.2, -0.15) is 0 Å². The van der Waals surface area contributed by atoms with Crippen molar-refractivity contribution in [2.24, 2.45) is 0 Å². The predicted octanol–water partition coefficient (Wildman–Crippen LogP) is 4.77. The van der Waals surface area contributed by atoms with Gasteiger partial charge in [0.15, 0.2) is 5.58 Å². The van der Waals surface area contributed by atoms with Crippen molar-refractivity contribution in [3.8, 4) is 11.5 Å². The maximum atomic E-state index is 12.7. The monoisotopic (exact) mass is 456 g/mol. The summed E-state index contributed by atoms with van der Waals surface area (Å²) in [4.78, 5) is 41.0. The quantitative estimate of drug-likeness (QED) is 0.359. The zero-order valence-electron chi connectivity index (χ0n) is 17.7. The molecule has 9 heteroatoms. The van der Waals surface area contributed by atoms with Crippen LogP contribution in [0.4, 0.5) is 11.4 Å². The molecule has 34 heavy (non-hydrogen) atoms. The normalized spacial score (nSPS) is 11.1. The number of carbonyl (C=O) groups is 2. The molecule has 0 bridgehead atoms. The first kappa shape index (κ1) is 21.0. The van der Waals surface area contributed by atoms with E-state index >= 15 is 0 Å². The SMILES string of the molecule is CN(c1ccc(C(=O)O)cc1)c1ccc2cc(-c3nc4cc(C(=O)O)ccc4o3)c(=O)oc2c1. The Hall–Kier alpha value is -4.92. The highest BCUT2D eigenvalue weighted by atomic mass is 16.4. The number of nitrogens with zero attached hydrogens (tertiary/aromatic N) is 2. The third-order valence-corrected chi connectivity index (χ3v) is 5.47. The zero-order valence-corrected chi connectivity index (χ0v) is 17.7. The number of carboxylic acid groups (broad SMARTS) is 2. The van der Waals surface area contributed by atoms with E-state index in [1.165, 1.54) is 30.3 Å². The Morgan fingerprint density at radius 2 is 1.47 bits per heavy atom. The third kappa shape index (κ3) is 3.65. The van der Waals surface area contributed by atoms with Gasteiger partial charge in [-0.3, -0.25) is 0 Å². The molecule has 168 valence electrons. The number of aromatic carboxylic acids is 2. The van der Waals surface area contributed by atoms with Crippen molar-refractivity contribution in [2.75, 3.05) is 11.9 Å². The first-order valence-electron chi connectivity index (χ1n) is 10.1. The standard InChI is InChI=1S/C25H16N2O7/c1-27(16-6-2-13(3-7-16)23(28)29)17-8-4-14-10-18(25(32)34-21(14)12-17)22-26-19-11-15(24(30)31)5-9-20(19)33-22/h2-12H,1H3,(H,28,29)(H,30,31). The third-order valence-electron chi connectivity index (χ3n) is 5.47. The van der Waals surface area contributed by atoms with Gasteiger partial charge in [0.25, 0.3) is 0 Å². The molecule has 0 aliphatic rings. The van der Waals surface area contributed by atoms with E-state index in [-0.39, 0.29) is 22.6 Å². The number of anilines is 2. The number of hydrogen-bond donors (Lipinski definition) is 2. The van der Waals surface area contributed by atoms with Gasteiger partial charge in [-0.25, -0.2) is 19.4 Å². The maximum Gasteiger partial charge on any atom is 0.349 e. The molecule has 2 aromatic heterocycles. The molecule has 0 saturated heterocycles. The number of oxazole rings is 1. The number of hydrogen-bond acceptors (Lipinski definition) is 7. The van der Waals surface area contributed by atoms with Crippen molar-refractivity contribution in [3.63, 3.8) is 0 Å². The molecule has 0 aliphatic heterocycles. The summed E-state index contributed by atoms with van der Waals surface area (Å²) >= 11 is 0. The van der Waals surface area contributed by atoms with Gasteiger partial charge in [-0.1, -0.05) is 0 Å². The minimum absolute atomic E-state index is 0.0351. The van der Waals surface area contributed by atoms with Crippen molar-refractivity contribution in [2.45, 2.75) is 0 Å². The second-order valence-corrected chi connectivity index (χ2v) is 7.59. The molecule has 0 aliphatic carbocycles. The number of benzene rings is 3. The molecule has 9 nitrogen and oxygen atoms in total. The molecule has 0 radical (unpaired) electrons.